The summed E-state index contributed by atoms with van der Waals surface area (Å²) < 4.78 is 1.82. The molecule has 2 amide bonds. The second-order valence-electron chi connectivity index (χ2n) is 7.73. The van der Waals surface area contributed by atoms with E-state index in [2.05, 4.69) is 27.4 Å². The van der Waals surface area contributed by atoms with Gasteiger partial charge in [-0.3, -0.25) is 9.59 Å². The number of amides is 2. The van der Waals surface area contributed by atoms with E-state index in [1.54, 1.807) is 18.2 Å². The van der Waals surface area contributed by atoms with Gasteiger partial charge in [0.1, 0.15) is 0 Å². The summed E-state index contributed by atoms with van der Waals surface area (Å²) in [5.41, 5.74) is 1.52. The molecule has 7 nitrogen and oxygen atoms in total. The molecule has 4 aromatic rings. The first kappa shape index (κ1) is 25.2. The molecule has 0 aliphatic carbocycles. The van der Waals surface area contributed by atoms with Crippen LogP contribution in [-0.2, 0) is 22.7 Å². The number of nitrogens with one attached hydrogen (secondary N) is 2. The van der Waals surface area contributed by atoms with E-state index in [0.717, 1.165) is 22.0 Å². The molecular formula is C27H24ClN5O2S. The Labute approximate surface area is 218 Å². The molecule has 182 valence electrons. The molecule has 0 aliphatic heterocycles. The Hall–Kier alpha value is -3.88. The minimum absolute atomic E-state index is 0.149. The van der Waals surface area contributed by atoms with Gasteiger partial charge in [-0.1, -0.05) is 84.0 Å². The molecule has 0 bridgehead atoms. The maximum absolute atomic E-state index is 12.6. The number of fused-ring (bicyclic) bond motifs is 1. The molecule has 0 fully saturated rings. The van der Waals surface area contributed by atoms with E-state index >= 15 is 0 Å². The Bertz CT molecular complexity index is 1430. The summed E-state index contributed by atoms with van der Waals surface area (Å²) in [4.78, 5) is 24.9. The van der Waals surface area contributed by atoms with Crippen LogP contribution in [-0.4, -0.2) is 32.3 Å². The van der Waals surface area contributed by atoms with Crippen molar-refractivity contribution < 1.29 is 9.59 Å². The zero-order valence-electron chi connectivity index (χ0n) is 19.4. The van der Waals surface area contributed by atoms with E-state index in [0.29, 0.717) is 22.5 Å². The number of carbonyl (C=O) groups excluding carboxylic acids is 2. The number of hydrogen-bond donors (Lipinski definition) is 2. The van der Waals surface area contributed by atoms with Crippen LogP contribution in [0.4, 0.5) is 5.69 Å². The smallest absolute Gasteiger partial charge is 0.244 e. The number of halogens is 1. The molecule has 0 saturated heterocycles. The third-order valence-electron chi connectivity index (χ3n) is 5.24. The summed E-state index contributed by atoms with van der Waals surface area (Å²) in [6, 6.07) is 21.0. The molecule has 0 aliphatic rings. The predicted molar refractivity (Wildman–Crippen MR) is 146 cm³/mol. The summed E-state index contributed by atoms with van der Waals surface area (Å²) in [5.74, 6) is 0.285. The number of anilines is 1. The quantitative estimate of drug-likeness (QED) is 0.168. The van der Waals surface area contributed by atoms with Crippen LogP contribution in [0.2, 0.25) is 5.02 Å². The Morgan fingerprint density at radius 2 is 1.81 bits per heavy atom. The third kappa shape index (κ3) is 6.41. The van der Waals surface area contributed by atoms with Crippen LogP contribution in [0, 0.1) is 0 Å². The van der Waals surface area contributed by atoms with Crippen LogP contribution in [0.15, 0.2) is 90.6 Å². The highest BCUT2D eigenvalue weighted by molar-refractivity contribution is 7.99. The number of benzene rings is 3. The number of hydrogen-bond acceptors (Lipinski definition) is 5. The van der Waals surface area contributed by atoms with Crippen LogP contribution in [0.25, 0.3) is 16.8 Å². The van der Waals surface area contributed by atoms with Gasteiger partial charge in [0.15, 0.2) is 11.0 Å². The average molecular weight is 518 g/mol. The van der Waals surface area contributed by atoms with E-state index in [9.17, 15) is 9.59 Å². The Morgan fingerprint density at radius 1 is 1.03 bits per heavy atom. The van der Waals surface area contributed by atoms with Gasteiger partial charge in [-0.2, -0.15) is 0 Å². The van der Waals surface area contributed by atoms with Crippen LogP contribution in [0.5, 0.6) is 0 Å². The Kier molecular flexibility index (Phi) is 8.54. The lowest BCUT2D eigenvalue weighted by Crippen LogP contribution is -2.23. The molecule has 1 aromatic heterocycles. The SMILES string of the molecule is C=CCn1c(CNC(=O)C=Cc2ccccc2Cl)nnc1SCC(=O)Nc1cccc2ccccc12. The highest BCUT2D eigenvalue weighted by atomic mass is 35.5. The normalized spacial score (nSPS) is 11.0. The number of nitrogens with zero attached hydrogens (tertiary/aromatic N) is 3. The molecule has 1 heterocycles. The van der Waals surface area contributed by atoms with Crippen molar-refractivity contribution >= 4 is 57.7 Å². The zero-order valence-corrected chi connectivity index (χ0v) is 20.9. The highest BCUT2D eigenvalue weighted by Crippen LogP contribution is 2.24. The predicted octanol–water partition coefficient (Wildman–Crippen LogP) is 5.33. The molecular weight excluding hydrogens is 494 g/mol. The van der Waals surface area contributed by atoms with Gasteiger partial charge in [0.2, 0.25) is 11.8 Å². The molecule has 36 heavy (non-hydrogen) atoms. The minimum Gasteiger partial charge on any atom is -0.345 e. The monoisotopic (exact) mass is 517 g/mol. The van der Waals surface area contributed by atoms with Gasteiger partial charge in [-0.25, -0.2) is 0 Å². The first-order chi connectivity index (χ1) is 17.5. The topological polar surface area (TPSA) is 88.9 Å². The molecule has 9 heteroatoms. The summed E-state index contributed by atoms with van der Waals surface area (Å²) in [5, 5.41) is 17.4. The van der Waals surface area contributed by atoms with Gasteiger partial charge in [-0.15, -0.1) is 16.8 Å². The van der Waals surface area contributed by atoms with Gasteiger partial charge >= 0.3 is 0 Å². The summed E-state index contributed by atoms with van der Waals surface area (Å²) in [7, 11) is 0. The third-order valence-corrected chi connectivity index (χ3v) is 6.55. The molecule has 3 aromatic carbocycles. The van der Waals surface area contributed by atoms with Crippen molar-refractivity contribution in [3.63, 3.8) is 0 Å². The van der Waals surface area contributed by atoms with E-state index in [1.807, 2.05) is 65.2 Å². The van der Waals surface area contributed by atoms with Gasteiger partial charge < -0.3 is 15.2 Å². The number of carbonyl (C=O) groups is 2. The van der Waals surface area contributed by atoms with Crippen LogP contribution in [0.3, 0.4) is 0 Å². The van der Waals surface area contributed by atoms with Crippen molar-refractivity contribution in [1.29, 1.82) is 0 Å². The lowest BCUT2D eigenvalue weighted by molar-refractivity contribution is -0.116. The lowest BCUT2D eigenvalue weighted by atomic mass is 10.1. The summed E-state index contributed by atoms with van der Waals surface area (Å²) >= 11 is 7.39. The highest BCUT2D eigenvalue weighted by Gasteiger charge is 2.14. The maximum Gasteiger partial charge on any atom is 0.244 e. The zero-order chi connectivity index (χ0) is 25.3. The molecule has 4 rings (SSSR count). The second-order valence-corrected chi connectivity index (χ2v) is 9.08. The van der Waals surface area contributed by atoms with Crippen molar-refractivity contribution in [2.45, 2.75) is 18.2 Å². The van der Waals surface area contributed by atoms with Crippen LogP contribution < -0.4 is 10.6 Å². The first-order valence-corrected chi connectivity index (χ1v) is 12.6. The van der Waals surface area contributed by atoms with E-state index in [1.165, 1.54) is 17.8 Å². The average Bonchev–Trinajstić information content (AvgIpc) is 3.27. The number of thioether (sulfide) groups is 1. The Morgan fingerprint density at radius 3 is 2.64 bits per heavy atom. The van der Waals surface area contributed by atoms with Crippen molar-refractivity contribution in [3.8, 4) is 0 Å². The largest absolute Gasteiger partial charge is 0.345 e. The van der Waals surface area contributed by atoms with Crippen LogP contribution >= 0.6 is 23.4 Å². The molecule has 0 radical (unpaired) electrons. The van der Waals surface area contributed by atoms with Crippen molar-refractivity contribution in [1.82, 2.24) is 20.1 Å². The lowest BCUT2D eigenvalue weighted by Gasteiger charge is -2.10. The second kappa shape index (κ2) is 12.2. The molecule has 0 spiro atoms. The number of aromatic nitrogens is 3. The van der Waals surface area contributed by atoms with Crippen molar-refractivity contribution in [2.75, 3.05) is 11.1 Å². The minimum atomic E-state index is -0.285. The van der Waals surface area contributed by atoms with Crippen molar-refractivity contribution in [3.05, 3.63) is 102 Å². The van der Waals surface area contributed by atoms with Gasteiger partial charge in [0.05, 0.1) is 12.3 Å². The van der Waals surface area contributed by atoms with E-state index in [-0.39, 0.29) is 24.1 Å². The van der Waals surface area contributed by atoms with Crippen molar-refractivity contribution in [2.24, 2.45) is 0 Å². The maximum atomic E-state index is 12.6. The summed E-state index contributed by atoms with van der Waals surface area (Å²) in [6.45, 7) is 4.41. The fourth-order valence-electron chi connectivity index (χ4n) is 3.52. The van der Waals surface area contributed by atoms with Gasteiger partial charge in [0.25, 0.3) is 0 Å². The van der Waals surface area contributed by atoms with Gasteiger partial charge in [-0.05, 0) is 29.2 Å². The fraction of sp³-hybridized carbons (Fsp3) is 0.111. The Balaban J connectivity index is 1.36. The molecule has 2 N–H and O–H groups in total. The molecule has 0 saturated carbocycles. The summed E-state index contributed by atoms with van der Waals surface area (Å²) in [6.07, 6.45) is 4.79. The van der Waals surface area contributed by atoms with Crippen LogP contribution in [0.1, 0.15) is 11.4 Å². The number of rotatable bonds is 10. The molecule has 0 atom stereocenters. The fourth-order valence-corrected chi connectivity index (χ4v) is 4.49. The molecule has 0 unspecified atom stereocenters. The first-order valence-electron chi connectivity index (χ1n) is 11.2. The standard InChI is InChI=1S/C27H24ClN5O2S/c1-2-16-33-24(17-29-25(34)15-14-20-9-4-6-12-22(20)28)31-32-27(33)36-18-26(35)30-23-13-7-10-19-8-3-5-11-21(19)23/h2-15H,1,16-18H2,(H,29,34)(H,30,35). The van der Waals surface area contributed by atoms with Gasteiger partial charge in [0, 0.05) is 28.7 Å². The van der Waals surface area contributed by atoms with E-state index in [4.69, 9.17) is 11.6 Å². The number of allylic oxidation sites excluding steroid dienone is 1. The van der Waals surface area contributed by atoms with E-state index < -0.39 is 0 Å².